The smallest absolute Gasteiger partial charge is 0.253 e. The summed E-state index contributed by atoms with van der Waals surface area (Å²) < 4.78 is 0. The summed E-state index contributed by atoms with van der Waals surface area (Å²) in [6, 6.07) is 7.17. The molecule has 1 heterocycles. The molecule has 25 heavy (non-hydrogen) atoms. The Morgan fingerprint density at radius 3 is 2.44 bits per heavy atom. The van der Waals surface area contributed by atoms with E-state index >= 15 is 0 Å². The van der Waals surface area contributed by atoms with Crippen molar-refractivity contribution >= 4 is 17.5 Å². The van der Waals surface area contributed by atoms with Gasteiger partial charge in [0.25, 0.3) is 5.91 Å². The lowest BCUT2D eigenvalue weighted by Gasteiger charge is -2.34. The molecule has 5 nitrogen and oxygen atoms in total. The maximum absolute atomic E-state index is 12.5. The largest absolute Gasteiger partial charge is 0.352 e. The Morgan fingerprint density at radius 1 is 1.16 bits per heavy atom. The number of carbonyl (C=O) groups is 2. The number of benzene rings is 1. The fourth-order valence-corrected chi connectivity index (χ4v) is 3.50. The molecule has 138 valence electrons. The minimum Gasteiger partial charge on any atom is -0.352 e. The van der Waals surface area contributed by atoms with Crippen molar-refractivity contribution in [3.8, 4) is 0 Å². The van der Waals surface area contributed by atoms with Crippen LogP contribution in [0.25, 0.3) is 0 Å². The van der Waals surface area contributed by atoms with Crippen molar-refractivity contribution in [2.24, 2.45) is 17.8 Å². The van der Waals surface area contributed by atoms with Gasteiger partial charge in [0.05, 0.1) is 17.8 Å². The average Bonchev–Trinajstić information content (AvgIpc) is 2.52. The SMILES string of the molecule is CC(C)CNC(=O)c1ccccc1NC(=O)CN1CC(C)CC(C)C1. The first-order valence-electron chi connectivity index (χ1n) is 9.24. The molecule has 1 saturated heterocycles. The highest BCUT2D eigenvalue weighted by atomic mass is 16.2. The van der Waals surface area contributed by atoms with Gasteiger partial charge in [-0.15, -0.1) is 0 Å². The van der Waals surface area contributed by atoms with E-state index in [1.54, 1.807) is 12.1 Å². The standard InChI is InChI=1S/C20H31N3O2/c1-14(2)10-21-20(25)17-7-5-6-8-18(17)22-19(24)13-23-11-15(3)9-16(4)12-23/h5-8,14-16H,9-13H2,1-4H3,(H,21,25)(H,22,24). The quantitative estimate of drug-likeness (QED) is 0.833. The first-order chi connectivity index (χ1) is 11.8. The first kappa shape index (κ1) is 19.4. The van der Waals surface area contributed by atoms with Gasteiger partial charge >= 0.3 is 0 Å². The van der Waals surface area contributed by atoms with E-state index in [2.05, 4.69) is 43.2 Å². The Bertz CT molecular complexity index is 590. The van der Waals surface area contributed by atoms with Crippen LogP contribution in [0.3, 0.4) is 0 Å². The number of amides is 2. The maximum Gasteiger partial charge on any atom is 0.253 e. The summed E-state index contributed by atoms with van der Waals surface area (Å²) in [5.41, 5.74) is 1.09. The second kappa shape index (κ2) is 8.99. The number of carbonyl (C=O) groups excluding carboxylic acids is 2. The molecule has 1 fully saturated rings. The van der Waals surface area contributed by atoms with Crippen LogP contribution in [0.4, 0.5) is 5.69 Å². The number of anilines is 1. The zero-order valence-electron chi connectivity index (χ0n) is 15.8. The number of hydrogen-bond donors (Lipinski definition) is 2. The van der Waals surface area contributed by atoms with Crippen LogP contribution in [0.2, 0.25) is 0 Å². The summed E-state index contributed by atoms with van der Waals surface area (Å²) in [5.74, 6) is 1.40. The van der Waals surface area contributed by atoms with Crippen molar-refractivity contribution in [3.63, 3.8) is 0 Å². The van der Waals surface area contributed by atoms with E-state index in [1.165, 1.54) is 6.42 Å². The minimum absolute atomic E-state index is 0.0644. The molecular weight excluding hydrogens is 314 g/mol. The van der Waals surface area contributed by atoms with Crippen LogP contribution in [0.1, 0.15) is 44.5 Å². The van der Waals surface area contributed by atoms with Gasteiger partial charge in [0, 0.05) is 19.6 Å². The molecule has 1 aliphatic rings. The van der Waals surface area contributed by atoms with E-state index in [-0.39, 0.29) is 11.8 Å². The molecule has 5 heteroatoms. The van der Waals surface area contributed by atoms with E-state index in [4.69, 9.17) is 0 Å². The van der Waals surface area contributed by atoms with Crippen LogP contribution in [-0.2, 0) is 4.79 Å². The van der Waals surface area contributed by atoms with Gasteiger partial charge in [-0.05, 0) is 36.3 Å². The lowest BCUT2D eigenvalue weighted by atomic mass is 9.92. The number of hydrogen-bond acceptors (Lipinski definition) is 3. The highest BCUT2D eigenvalue weighted by Gasteiger charge is 2.23. The van der Waals surface area contributed by atoms with Crippen molar-refractivity contribution in [2.45, 2.75) is 34.1 Å². The number of nitrogens with zero attached hydrogens (tertiary/aromatic N) is 1. The third kappa shape index (κ3) is 6.16. The fraction of sp³-hybridized carbons (Fsp3) is 0.600. The molecule has 2 atom stereocenters. The lowest BCUT2D eigenvalue weighted by molar-refractivity contribution is -0.117. The predicted molar refractivity (Wildman–Crippen MR) is 102 cm³/mol. The van der Waals surface area contributed by atoms with Gasteiger partial charge in [-0.25, -0.2) is 0 Å². The van der Waals surface area contributed by atoms with E-state index in [0.29, 0.717) is 42.1 Å². The van der Waals surface area contributed by atoms with Crippen LogP contribution in [0, 0.1) is 17.8 Å². The van der Waals surface area contributed by atoms with Gasteiger partial charge in [-0.2, -0.15) is 0 Å². The number of para-hydroxylation sites is 1. The van der Waals surface area contributed by atoms with Crippen LogP contribution >= 0.6 is 0 Å². The third-order valence-electron chi connectivity index (χ3n) is 4.43. The molecule has 0 radical (unpaired) electrons. The summed E-state index contributed by atoms with van der Waals surface area (Å²) in [4.78, 5) is 27.0. The Morgan fingerprint density at radius 2 is 1.80 bits per heavy atom. The molecule has 0 aromatic heterocycles. The second-order valence-electron chi connectivity index (χ2n) is 7.84. The first-order valence-corrected chi connectivity index (χ1v) is 9.24. The van der Waals surface area contributed by atoms with Gasteiger partial charge in [0.15, 0.2) is 0 Å². The Labute approximate surface area is 151 Å². The maximum atomic E-state index is 12.5. The number of piperidine rings is 1. The Balaban J connectivity index is 1.97. The molecule has 0 spiro atoms. The van der Waals surface area contributed by atoms with Gasteiger partial charge < -0.3 is 10.6 Å². The minimum atomic E-state index is -0.148. The average molecular weight is 345 g/mol. The van der Waals surface area contributed by atoms with Crippen LogP contribution in [0.5, 0.6) is 0 Å². The second-order valence-corrected chi connectivity index (χ2v) is 7.84. The zero-order chi connectivity index (χ0) is 18.4. The predicted octanol–water partition coefficient (Wildman–Crippen LogP) is 2.99. The highest BCUT2D eigenvalue weighted by Crippen LogP contribution is 2.21. The van der Waals surface area contributed by atoms with Crippen molar-refractivity contribution in [1.29, 1.82) is 0 Å². The van der Waals surface area contributed by atoms with Crippen molar-refractivity contribution in [2.75, 3.05) is 31.5 Å². The molecule has 1 aliphatic heterocycles. The normalized spacial score (nSPS) is 21.2. The number of rotatable bonds is 6. The van der Waals surface area contributed by atoms with Gasteiger partial charge in [-0.3, -0.25) is 14.5 Å². The van der Waals surface area contributed by atoms with E-state index in [1.807, 2.05) is 12.1 Å². The summed E-state index contributed by atoms with van der Waals surface area (Å²) >= 11 is 0. The molecule has 2 N–H and O–H groups in total. The molecule has 2 amide bonds. The van der Waals surface area contributed by atoms with Crippen molar-refractivity contribution < 1.29 is 9.59 Å². The molecule has 0 saturated carbocycles. The molecular formula is C20H31N3O2. The summed E-state index contributed by atoms with van der Waals surface area (Å²) in [6.07, 6.45) is 1.22. The Hall–Kier alpha value is -1.88. The van der Waals surface area contributed by atoms with E-state index in [0.717, 1.165) is 13.1 Å². The zero-order valence-corrected chi connectivity index (χ0v) is 15.8. The van der Waals surface area contributed by atoms with E-state index < -0.39 is 0 Å². The molecule has 1 aromatic rings. The van der Waals surface area contributed by atoms with Gasteiger partial charge in [-0.1, -0.05) is 39.8 Å². The summed E-state index contributed by atoms with van der Waals surface area (Å²) in [6.45, 7) is 11.5. The van der Waals surface area contributed by atoms with Gasteiger partial charge in [0.1, 0.15) is 0 Å². The highest BCUT2D eigenvalue weighted by molar-refractivity contribution is 6.04. The molecule has 2 rings (SSSR count). The topological polar surface area (TPSA) is 61.4 Å². The molecule has 0 bridgehead atoms. The molecule has 1 aromatic carbocycles. The fourth-order valence-electron chi connectivity index (χ4n) is 3.50. The number of nitrogens with one attached hydrogen (secondary N) is 2. The monoisotopic (exact) mass is 345 g/mol. The molecule has 2 unspecified atom stereocenters. The van der Waals surface area contributed by atoms with Crippen molar-refractivity contribution in [3.05, 3.63) is 29.8 Å². The van der Waals surface area contributed by atoms with E-state index in [9.17, 15) is 9.59 Å². The van der Waals surface area contributed by atoms with Crippen LogP contribution < -0.4 is 10.6 Å². The lowest BCUT2D eigenvalue weighted by Crippen LogP contribution is -2.43. The van der Waals surface area contributed by atoms with Gasteiger partial charge in [0.2, 0.25) is 5.91 Å². The van der Waals surface area contributed by atoms with Crippen LogP contribution in [-0.4, -0.2) is 42.9 Å². The third-order valence-corrected chi connectivity index (χ3v) is 4.43. The van der Waals surface area contributed by atoms with Crippen molar-refractivity contribution in [1.82, 2.24) is 10.2 Å². The molecule has 0 aliphatic carbocycles. The summed E-state index contributed by atoms with van der Waals surface area (Å²) in [7, 11) is 0. The summed E-state index contributed by atoms with van der Waals surface area (Å²) in [5, 5.41) is 5.82. The van der Waals surface area contributed by atoms with Crippen LogP contribution in [0.15, 0.2) is 24.3 Å². The number of likely N-dealkylation sites (tertiary alicyclic amines) is 1. The Kier molecular flexibility index (Phi) is 7.00.